The molecule has 1 heterocycles. The van der Waals surface area contributed by atoms with Gasteiger partial charge in [-0.1, -0.05) is 30.8 Å². The Morgan fingerprint density at radius 1 is 1.36 bits per heavy atom. The molecule has 25 heavy (non-hydrogen) atoms. The number of nitrogens with zero attached hydrogens (tertiary/aromatic N) is 2. The fourth-order valence-electron chi connectivity index (χ4n) is 2.48. The molecule has 0 fully saturated rings. The van der Waals surface area contributed by atoms with Gasteiger partial charge in [0.1, 0.15) is 0 Å². The minimum Gasteiger partial charge on any atom is -0.383 e. The van der Waals surface area contributed by atoms with E-state index in [1.54, 1.807) is 17.7 Å². The van der Waals surface area contributed by atoms with Crippen LogP contribution in [0.3, 0.4) is 0 Å². The fourth-order valence-corrected chi connectivity index (χ4v) is 3.39. The lowest BCUT2D eigenvalue weighted by Gasteiger charge is -2.19. The van der Waals surface area contributed by atoms with Gasteiger partial charge in [0.05, 0.1) is 29.3 Å². The molecule has 2 aromatic rings. The molecule has 136 valence electrons. The second-order valence-electron chi connectivity index (χ2n) is 6.06. The molecule has 0 spiro atoms. The number of aromatic nitrogens is 2. The molecule has 0 aliphatic heterocycles. The number of nitrogens with one attached hydrogen (secondary N) is 1. The van der Waals surface area contributed by atoms with Crippen LogP contribution in [0.15, 0.2) is 34.2 Å². The van der Waals surface area contributed by atoms with Crippen LogP contribution in [-0.2, 0) is 9.53 Å². The maximum absolute atomic E-state index is 12.9. The Morgan fingerprint density at radius 2 is 2.08 bits per heavy atom. The van der Waals surface area contributed by atoms with Crippen LogP contribution in [0.5, 0.6) is 0 Å². The van der Waals surface area contributed by atoms with Gasteiger partial charge in [-0.05, 0) is 32.4 Å². The van der Waals surface area contributed by atoms with E-state index in [9.17, 15) is 9.59 Å². The standard InChI is InChI=1S/C18H25N3O3S/c1-5-12(2)19-16(22)11-25-18-20-15-9-7-6-8-14(15)17(23)21(18)13(3)10-24-4/h6-9,12-13H,5,10-11H2,1-4H3,(H,19,22)/t12-,13+/m1/s1. The quantitative estimate of drug-likeness (QED) is 0.576. The van der Waals surface area contributed by atoms with Crippen molar-refractivity contribution >= 4 is 28.6 Å². The third kappa shape index (κ3) is 4.83. The summed E-state index contributed by atoms with van der Waals surface area (Å²) in [5.41, 5.74) is 0.526. The predicted octanol–water partition coefficient (Wildman–Crippen LogP) is 2.61. The summed E-state index contributed by atoms with van der Waals surface area (Å²) in [6.45, 7) is 6.29. The highest BCUT2D eigenvalue weighted by Gasteiger charge is 2.17. The fraction of sp³-hybridized carbons (Fsp3) is 0.500. The van der Waals surface area contributed by atoms with Crippen molar-refractivity contribution in [3.05, 3.63) is 34.6 Å². The van der Waals surface area contributed by atoms with Crippen molar-refractivity contribution in [3.63, 3.8) is 0 Å². The number of thioether (sulfide) groups is 1. The maximum atomic E-state index is 12.9. The lowest BCUT2D eigenvalue weighted by molar-refractivity contribution is -0.119. The number of fused-ring (bicyclic) bond motifs is 1. The van der Waals surface area contributed by atoms with Crippen molar-refractivity contribution in [1.82, 2.24) is 14.9 Å². The second-order valence-corrected chi connectivity index (χ2v) is 7.00. The molecule has 1 N–H and O–H groups in total. The lowest BCUT2D eigenvalue weighted by Crippen LogP contribution is -2.34. The first-order chi connectivity index (χ1) is 12.0. The van der Waals surface area contributed by atoms with Gasteiger partial charge in [-0.25, -0.2) is 4.98 Å². The Kier molecular flexibility index (Phi) is 7.01. The molecular weight excluding hydrogens is 338 g/mol. The smallest absolute Gasteiger partial charge is 0.262 e. The summed E-state index contributed by atoms with van der Waals surface area (Å²) < 4.78 is 6.81. The van der Waals surface area contributed by atoms with Crippen molar-refractivity contribution < 1.29 is 9.53 Å². The normalized spacial score (nSPS) is 13.6. The van der Waals surface area contributed by atoms with Gasteiger partial charge in [-0.2, -0.15) is 0 Å². The van der Waals surface area contributed by atoms with Crippen LogP contribution in [0, 0.1) is 0 Å². The van der Waals surface area contributed by atoms with E-state index < -0.39 is 0 Å². The molecule has 7 heteroatoms. The molecule has 2 atom stereocenters. The van der Waals surface area contributed by atoms with E-state index in [4.69, 9.17) is 4.74 Å². The molecule has 0 unspecified atom stereocenters. The first-order valence-corrected chi connectivity index (χ1v) is 9.38. The molecule has 6 nitrogen and oxygen atoms in total. The first kappa shape index (κ1) is 19.5. The number of benzene rings is 1. The average Bonchev–Trinajstić information content (AvgIpc) is 2.60. The highest BCUT2D eigenvalue weighted by molar-refractivity contribution is 7.99. The van der Waals surface area contributed by atoms with Crippen LogP contribution >= 0.6 is 11.8 Å². The molecule has 1 aromatic heterocycles. The van der Waals surface area contributed by atoms with E-state index in [1.807, 2.05) is 39.0 Å². The number of hydrogen-bond donors (Lipinski definition) is 1. The summed E-state index contributed by atoms with van der Waals surface area (Å²) in [4.78, 5) is 29.6. The topological polar surface area (TPSA) is 73.2 Å². The number of ether oxygens (including phenoxy) is 1. The maximum Gasteiger partial charge on any atom is 0.262 e. The highest BCUT2D eigenvalue weighted by Crippen LogP contribution is 2.21. The van der Waals surface area contributed by atoms with Gasteiger partial charge in [0.15, 0.2) is 5.16 Å². The van der Waals surface area contributed by atoms with Crippen LogP contribution in [0.4, 0.5) is 0 Å². The Hall–Kier alpha value is -1.86. The van der Waals surface area contributed by atoms with Crippen LogP contribution in [0.2, 0.25) is 0 Å². The zero-order chi connectivity index (χ0) is 18.4. The first-order valence-electron chi connectivity index (χ1n) is 8.40. The van der Waals surface area contributed by atoms with E-state index in [0.29, 0.717) is 22.7 Å². The Bertz CT molecular complexity index is 791. The molecule has 0 bridgehead atoms. The van der Waals surface area contributed by atoms with Crippen molar-refractivity contribution in [1.29, 1.82) is 0 Å². The van der Waals surface area contributed by atoms with Gasteiger partial charge < -0.3 is 10.1 Å². The molecule has 0 saturated carbocycles. The van der Waals surface area contributed by atoms with Gasteiger partial charge in [0.2, 0.25) is 5.91 Å². The summed E-state index contributed by atoms with van der Waals surface area (Å²) in [5, 5.41) is 4.03. The second kappa shape index (κ2) is 9.01. The molecule has 0 saturated heterocycles. The van der Waals surface area contributed by atoms with Gasteiger partial charge >= 0.3 is 0 Å². The molecule has 1 aromatic carbocycles. The minimum atomic E-state index is -0.172. The Labute approximate surface area is 152 Å². The third-order valence-corrected chi connectivity index (χ3v) is 4.93. The van der Waals surface area contributed by atoms with Crippen LogP contribution in [-0.4, -0.2) is 41.0 Å². The van der Waals surface area contributed by atoms with Crippen molar-refractivity contribution in [3.8, 4) is 0 Å². The number of amides is 1. The van der Waals surface area contributed by atoms with Gasteiger partial charge in [-0.15, -0.1) is 0 Å². The molecule has 2 rings (SSSR count). The number of rotatable bonds is 8. The summed E-state index contributed by atoms with van der Waals surface area (Å²) in [6, 6.07) is 7.21. The number of methoxy groups -OCH3 is 1. The lowest BCUT2D eigenvalue weighted by atomic mass is 10.2. The van der Waals surface area contributed by atoms with Gasteiger partial charge in [-0.3, -0.25) is 14.2 Å². The Balaban J connectivity index is 2.34. The van der Waals surface area contributed by atoms with Gasteiger partial charge in [0, 0.05) is 13.2 Å². The van der Waals surface area contributed by atoms with Gasteiger partial charge in [0.25, 0.3) is 5.56 Å². The minimum absolute atomic E-state index is 0.0623. The van der Waals surface area contributed by atoms with E-state index in [1.165, 1.54) is 11.8 Å². The molecule has 0 aliphatic rings. The number of para-hydroxylation sites is 1. The summed E-state index contributed by atoms with van der Waals surface area (Å²) in [7, 11) is 1.60. The van der Waals surface area contributed by atoms with Crippen molar-refractivity contribution in [2.24, 2.45) is 0 Å². The largest absolute Gasteiger partial charge is 0.383 e. The van der Waals surface area contributed by atoms with Crippen LogP contribution < -0.4 is 10.9 Å². The summed E-state index contributed by atoms with van der Waals surface area (Å²) in [5.74, 6) is 0.155. The predicted molar refractivity (Wildman–Crippen MR) is 101 cm³/mol. The third-order valence-electron chi connectivity index (χ3n) is 3.98. The van der Waals surface area contributed by atoms with E-state index >= 15 is 0 Å². The number of carbonyl (C=O) groups excluding carboxylic acids is 1. The SMILES string of the molecule is CC[C@@H](C)NC(=O)CSc1nc2ccccc2c(=O)n1[C@@H](C)COC. The van der Waals surface area contributed by atoms with E-state index in [-0.39, 0.29) is 29.3 Å². The van der Waals surface area contributed by atoms with Crippen LogP contribution in [0.1, 0.15) is 33.2 Å². The van der Waals surface area contributed by atoms with E-state index in [0.717, 1.165) is 6.42 Å². The number of carbonyl (C=O) groups is 1. The molecule has 1 amide bonds. The highest BCUT2D eigenvalue weighted by atomic mass is 32.2. The monoisotopic (exact) mass is 363 g/mol. The molecular formula is C18H25N3O3S. The zero-order valence-electron chi connectivity index (χ0n) is 15.1. The number of hydrogen-bond acceptors (Lipinski definition) is 5. The van der Waals surface area contributed by atoms with Crippen molar-refractivity contribution in [2.45, 2.75) is 44.4 Å². The average molecular weight is 363 g/mol. The molecule has 0 aliphatic carbocycles. The zero-order valence-corrected chi connectivity index (χ0v) is 15.9. The Morgan fingerprint density at radius 3 is 2.76 bits per heavy atom. The van der Waals surface area contributed by atoms with E-state index in [2.05, 4.69) is 10.3 Å². The van der Waals surface area contributed by atoms with Crippen molar-refractivity contribution in [2.75, 3.05) is 19.5 Å². The summed E-state index contributed by atoms with van der Waals surface area (Å²) >= 11 is 1.28. The summed E-state index contributed by atoms with van der Waals surface area (Å²) in [6.07, 6.45) is 0.875. The molecule has 0 radical (unpaired) electrons. The van der Waals surface area contributed by atoms with Crippen LogP contribution in [0.25, 0.3) is 10.9 Å².